The number of fused-ring (bicyclic) bond motifs is 3. The fourth-order valence-electron chi connectivity index (χ4n) is 5.32. The van der Waals surface area contributed by atoms with Crippen molar-refractivity contribution in [2.24, 2.45) is 11.8 Å². The predicted molar refractivity (Wildman–Crippen MR) is 113 cm³/mol. The molecule has 0 unspecified atom stereocenters. The second-order valence-corrected chi connectivity index (χ2v) is 8.79. The minimum Gasteiger partial charge on any atom is -0.206 e. The Morgan fingerprint density at radius 1 is 1.11 bits per heavy atom. The Morgan fingerprint density at radius 3 is 2.64 bits per heavy atom. The molecule has 2 aromatic carbocycles. The largest absolute Gasteiger partial charge is 0.206 e. The molecule has 0 aromatic heterocycles. The van der Waals surface area contributed by atoms with Gasteiger partial charge in [-0.3, -0.25) is 0 Å². The molecule has 1 saturated carbocycles. The summed E-state index contributed by atoms with van der Waals surface area (Å²) in [5, 5.41) is 0.566. The Balaban J connectivity index is 1.61. The molecule has 0 N–H and O–H groups in total. The molecule has 28 heavy (non-hydrogen) atoms. The first kappa shape index (κ1) is 19.6. The molecule has 0 nitrogen and oxygen atoms in total. The topological polar surface area (TPSA) is 0 Å². The van der Waals surface area contributed by atoms with Gasteiger partial charge in [-0.2, -0.15) is 0 Å². The zero-order chi connectivity index (χ0) is 19.7. The van der Waals surface area contributed by atoms with Crippen molar-refractivity contribution >= 4 is 11.6 Å². The van der Waals surface area contributed by atoms with E-state index >= 15 is 4.39 Å². The van der Waals surface area contributed by atoms with E-state index < -0.39 is 5.82 Å². The third-order valence-electron chi connectivity index (χ3n) is 6.72. The van der Waals surface area contributed by atoms with Crippen molar-refractivity contribution in [3.8, 4) is 11.1 Å². The number of hydrogen-bond donors (Lipinski definition) is 0. The van der Waals surface area contributed by atoms with E-state index in [1.54, 1.807) is 30.3 Å². The Labute approximate surface area is 171 Å². The van der Waals surface area contributed by atoms with Gasteiger partial charge in [0.15, 0.2) is 0 Å². The van der Waals surface area contributed by atoms with Crippen LogP contribution in [0.1, 0.15) is 62.5 Å². The first-order valence-electron chi connectivity index (χ1n) is 10.5. The van der Waals surface area contributed by atoms with Gasteiger partial charge in [0, 0.05) is 5.02 Å². The Bertz CT molecular complexity index is 869. The minimum absolute atomic E-state index is 0.0916. The van der Waals surface area contributed by atoms with Gasteiger partial charge in [0.1, 0.15) is 11.6 Å². The summed E-state index contributed by atoms with van der Waals surface area (Å²) in [6, 6.07) is 8.37. The maximum absolute atomic E-state index is 15.4. The third kappa shape index (κ3) is 3.76. The Morgan fingerprint density at radius 2 is 1.89 bits per heavy atom. The molecule has 3 heteroatoms. The van der Waals surface area contributed by atoms with Gasteiger partial charge in [-0.05, 0) is 105 Å². The summed E-state index contributed by atoms with van der Waals surface area (Å²) in [6.07, 6.45) is 11.9. The molecule has 0 radical (unpaired) electrons. The number of rotatable bonds is 4. The van der Waals surface area contributed by atoms with E-state index in [2.05, 4.69) is 19.1 Å². The fraction of sp³-hybridized carbons (Fsp3) is 0.440. The zero-order valence-corrected chi connectivity index (χ0v) is 17.1. The summed E-state index contributed by atoms with van der Waals surface area (Å²) in [6.45, 7) is 2.07. The van der Waals surface area contributed by atoms with E-state index in [4.69, 9.17) is 11.6 Å². The highest BCUT2D eigenvalue weighted by molar-refractivity contribution is 6.30. The second kappa shape index (κ2) is 8.37. The molecule has 2 aliphatic rings. The highest BCUT2D eigenvalue weighted by Gasteiger charge is 2.37. The molecule has 2 aliphatic carbocycles. The molecule has 3 atom stereocenters. The Kier molecular flexibility index (Phi) is 5.87. The van der Waals surface area contributed by atoms with E-state index in [9.17, 15) is 4.39 Å². The molecular formula is C25H27ClF2. The van der Waals surface area contributed by atoms with Gasteiger partial charge >= 0.3 is 0 Å². The molecule has 0 amide bonds. The zero-order valence-electron chi connectivity index (χ0n) is 16.4. The normalized spacial score (nSPS) is 24.2. The lowest BCUT2D eigenvalue weighted by molar-refractivity contribution is 0.201. The smallest absolute Gasteiger partial charge is 0.137 e. The molecule has 0 aliphatic heterocycles. The maximum atomic E-state index is 15.4. The van der Waals surface area contributed by atoms with Crippen LogP contribution in [0, 0.1) is 23.5 Å². The SMILES string of the molecule is C/C=C/CC[C@@H]1CC[C@@H]2c3cc(F)c(-c4ccc(Cl)cc4)c(F)c3CC[C@@H]2C1. The highest BCUT2D eigenvalue weighted by Crippen LogP contribution is 2.49. The van der Waals surface area contributed by atoms with Crippen LogP contribution < -0.4 is 0 Å². The maximum Gasteiger partial charge on any atom is 0.137 e. The molecule has 0 saturated heterocycles. The number of benzene rings is 2. The van der Waals surface area contributed by atoms with E-state index in [0.29, 0.717) is 28.8 Å². The van der Waals surface area contributed by atoms with E-state index in [1.165, 1.54) is 19.3 Å². The summed E-state index contributed by atoms with van der Waals surface area (Å²) in [5.74, 6) is 0.810. The van der Waals surface area contributed by atoms with Crippen molar-refractivity contribution in [2.75, 3.05) is 0 Å². The number of halogens is 3. The van der Waals surface area contributed by atoms with E-state index in [0.717, 1.165) is 36.3 Å². The summed E-state index contributed by atoms with van der Waals surface area (Å²) in [4.78, 5) is 0. The van der Waals surface area contributed by atoms with Crippen molar-refractivity contribution in [3.05, 3.63) is 70.3 Å². The van der Waals surface area contributed by atoms with Gasteiger partial charge in [-0.15, -0.1) is 0 Å². The van der Waals surface area contributed by atoms with Crippen molar-refractivity contribution in [3.63, 3.8) is 0 Å². The lowest BCUT2D eigenvalue weighted by atomic mass is 9.64. The molecule has 148 valence electrons. The summed E-state index contributed by atoms with van der Waals surface area (Å²) >= 11 is 5.93. The molecular weight excluding hydrogens is 374 g/mol. The average Bonchev–Trinajstić information content (AvgIpc) is 2.69. The van der Waals surface area contributed by atoms with E-state index in [1.807, 2.05) is 0 Å². The van der Waals surface area contributed by atoms with Crippen molar-refractivity contribution in [2.45, 2.75) is 57.8 Å². The fourth-order valence-corrected chi connectivity index (χ4v) is 5.45. The molecule has 0 heterocycles. The highest BCUT2D eigenvalue weighted by atomic mass is 35.5. The monoisotopic (exact) mass is 400 g/mol. The lowest BCUT2D eigenvalue weighted by Gasteiger charge is -2.41. The van der Waals surface area contributed by atoms with Crippen molar-refractivity contribution < 1.29 is 8.78 Å². The van der Waals surface area contributed by atoms with Crippen LogP contribution >= 0.6 is 11.6 Å². The van der Waals surface area contributed by atoms with Crippen LogP contribution in [0.4, 0.5) is 8.78 Å². The molecule has 0 spiro atoms. The minimum atomic E-state index is -0.450. The van der Waals surface area contributed by atoms with Gasteiger partial charge in [0.2, 0.25) is 0 Å². The molecule has 1 fully saturated rings. The standard InChI is InChI=1S/C25H27ClF2/c1-2-3-4-5-16-6-12-20-18(14-16)9-13-21-22(20)15-23(27)24(25(21)28)17-7-10-19(26)11-8-17/h2-3,7-8,10-11,15-16,18,20H,4-6,9,12-14H2,1H3/b3-2+/t16-,18-,20+/m1/s1. The first-order valence-corrected chi connectivity index (χ1v) is 10.8. The third-order valence-corrected chi connectivity index (χ3v) is 6.97. The van der Waals surface area contributed by atoms with Crippen molar-refractivity contribution in [1.82, 2.24) is 0 Å². The molecule has 2 aromatic rings. The van der Waals surface area contributed by atoms with Gasteiger partial charge in [0.25, 0.3) is 0 Å². The van der Waals surface area contributed by atoms with Crippen molar-refractivity contribution in [1.29, 1.82) is 0 Å². The molecule has 4 rings (SSSR count). The number of allylic oxidation sites excluding steroid dienone is 2. The van der Waals surface area contributed by atoms with Crippen LogP contribution in [-0.4, -0.2) is 0 Å². The lowest BCUT2D eigenvalue weighted by Crippen LogP contribution is -2.29. The van der Waals surface area contributed by atoms with Crippen LogP contribution in [0.3, 0.4) is 0 Å². The van der Waals surface area contributed by atoms with Gasteiger partial charge in [-0.25, -0.2) is 8.78 Å². The average molecular weight is 401 g/mol. The van der Waals surface area contributed by atoms with Gasteiger partial charge in [-0.1, -0.05) is 35.9 Å². The quantitative estimate of drug-likeness (QED) is 0.455. The number of hydrogen-bond acceptors (Lipinski definition) is 0. The van der Waals surface area contributed by atoms with Gasteiger partial charge in [0.05, 0.1) is 5.56 Å². The van der Waals surface area contributed by atoms with Crippen LogP contribution in [0.2, 0.25) is 5.02 Å². The predicted octanol–water partition coefficient (Wildman–Crippen LogP) is 8.09. The summed E-state index contributed by atoms with van der Waals surface area (Å²) in [7, 11) is 0. The second-order valence-electron chi connectivity index (χ2n) is 8.35. The Hall–Kier alpha value is -1.67. The van der Waals surface area contributed by atoms with Crippen LogP contribution in [0.25, 0.3) is 11.1 Å². The van der Waals surface area contributed by atoms with Crippen LogP contribution in [0.15, 0.2) is 42.5 Å². The molecule has 0 bridgehead atoms. The summed E-state index contributed by atoms with van der Waals surface area (Å²) in [5.41, 5.74) is 2.31. The van der Waals surface area contributed by atoms with Crippen LogP contribution in [0.5, 0.6) is 0 Å². The van der Waals surface area contributed by atoms with Crippen LogP contribution in [-0.2, 0) is 6.42 Å². The van der Waals surface area contributed by atoms with E-state index in [-0.39, 0.29) is 11.4 Å². The first-order chi connectivity index (χ1) is 13.6. The summed E-state index contributed by atoms with van der Waals surface area (Å²) < 4.78 is 30.3. The van der Waals surface area contributed by atoms with Gasteiger partial charge < -0.3 is 0 Å².